The van der Waals surface area contributed by atoms with Gasteiger partial charge >= 0.3 is 0 Å². The highest BCUT2D eigenvalue weighted by atomic mass is 127. The number of carbonyl (C=O) groups excluding carboxylic acids is 2. The number of ether oxygens (including phenoxy) is 2. The summed E-state index contributed by atoms with van der Waals surface area (Å²) in [6.45, 7) is 2.00. The number of hydrazone groups is 1. The maximum Gasteiger partial charge on any atom is 0.262 e. The van der Waals surface area contributed by atoms with Gasteiger partial charge in [0.15, 0.2) is 11.5 Å². The molecule has 0 saturated carbocycles. The van der Waals surface area contributed by atoms with Crippen LogP contribution in [0, 0.1) is 3.57 Å². The third-order valence-electron chi connectivity index (χ3n) is 4.73. The smallest absolute Gasteiger partial charge is 0.262 e. The topological polar surface area (TPSA) is 89.0 Å². The van der Waals surface area contributed by atoms with Gasteiger partial charge in [-0.1, -0.05) is 42.5 Å². The van der Waals surface area contributed by atoms with E-state index in [2.05, 4.69) is 54.4 Å². The maximum absolute atomic E-state index is 12.4. The molecule has 9 heteroatoms. The molecule has 0 heterocycles. The SMILES string of the molecule is COc1cc(C=NNC(=O)C(C)NC(=O)c2ccccc2Br)cc(I)c1OCc1ccccc1. The second-order valence-electron chi connectivity index (χ2n) is 7.22. The van der Waals surface area contributed by atoms with Crippen LogP contribution in [-0.4, -0.2) is 31.2 Å². The summed E-state index contributed by atoms with van der Waals surface area (Å²) < 4.78 is 12.9. The molecule has 1 atom stereocenters. The van der Waals surface area contributed by atoms with Crippen molar-refractivity contribution in [2.24, 2.45) is 5.10 Å². The largest absolute Gasteiger partial charge is 0.493 e. The van der Waals surface area contributed by atoms with E-state index in [-0.39, 0.29) is 5.91 Å². The molecule has 0 bridgehead atoms. The third-order valence-corrected chi connectivity index (χ3v) is 6.22. The van der Waals surface area contributed by atoms with Crippen molar-refractivity contribution in [1.29, 1.82) is 0 Å². The van der Waals surface area contributed by atoms with E-state index in [4.69, 9.17) is 9.47 Å². The van der Waals surface area contributed by atoms with Crippen molar-refractivity contribution in [3.63, 3.8) is 0 Å². The summed E-state index contributed by atoms with van der Waals surface area (Å²) >= 11 is 5.50. The number of nitrogens with zero attached hydrogens (tertiary/aromatic N) is 1. The van der Waals surface area contributed by atoms with Crippen LogP contribution >= 0.6 is 38.5 Å². The second-order valence-corrected chi connectivity index (χ2v) is 9.23. The van der Waals surface area contributed by atoms with Gasteiger partial charge in [-0.3, -0.25) is 9.59 Å². The molecule has 2 N–H and O–H groups in total. The van der Waals surface area contributed by atoms with Crippen LogP contribution in [0.2, 0.25) is 0 Å². The molecule has 0 radical (unpaired) electrons. The molecule has 1 unspecified atom stereocenters. The fraction of sp³-hybridized carbons (Fsp3) is 0.160. The summed E-state index contributed by atoms with van der Waals surface area (Å²) in [5.41, 5.74) is 4.67. The molecule has 3 aromatic carbocycles. The van der Waals surface area contributed by atoms with Gasteiger partial charge in [-0.05, 0) is 80.8 Å². The van der Waals surface area contributed by atoms with Crippen LogP contribution < -0.4 is 20.2 Å². The summed E-state index contributed by atoms with van der Waals surface area (Å²) in [5, 5.41) is 6.67. The first-order chi connectivity index (χ1) is 16.4. The lowest BCUT2D eigenvalue weighted by Crippen LogP contribution is -2.43. The summed E-state index contributed by atoms with van der Waals surface area (Å²) in [4.78, 5) is 24.7. The minimum Gasteiger partial charge on any atom is -0.493 e. The Morgan fingerprint density at radius 2 is 1.82 bits per heavy atom. The predicted octanol–water partition coefficient (Wildman–Crippen LogP) is 4.91. The molecule has 0 fully saturated rings. The van der Waals surface area contributed by atoms with E-state index in [1.165, 1.54) is 6.21 Å². The minimum absolute atomic E-state index is 0.357. The van der Waals surface area contributed by atoms with E-state index in [0.717, 1.165) is 14.7 Å². The highest BCUT2D eigenvalue weighted by Gasteiger charge is 2.17. The number of benzene rings is 3. The maximum atomic E-state index is 12.4. The molecule has 3 rings (SSSR count). The van der Waals surface area contributed by atoms with Crippen molar-refractivity contribution < 1.29 is 19.1 Å². The van der Waals surface area contributed by atoms with Crippen LogP contribution in [0.3, 0.4) is 0 Å². The van der Waals surface area contributed by atoms with Gasteiger partial charge in [0, 0.05) is 4.47 Å². The number of hydrogen-bond donors (Lipinski definition) is 2. The third kappa shape index (κ3) is 7.04. The predicted molar refractivity (Wildman–Crippen MR) is 143 cm³/mol. The first-order valence-corrected chi connectivity index (χ1v) is 12.2. The first-order valence-electron chi connectivity index (χ1n) is 10.3. The number of halogens is 2. The Labute approximate surface area is 220 Å². The summed E-state index contributed by atoms with van der Waals surface area (Å²) in [6.07, 6.45) is 1.51. The number of hydrogen-bond acceptors (Lipinski definition) is 5. The van der Waals surface area contributed by atoms with Crippen LogP contribution in [0.5, 0.6) is 11.5 Å². The van der Waals surface area contributed by atoms with Gasteiger partial charge < -0.3 is 14.8 Å². The lowest BCUT2D eigenvalue weighted by molar-refractivity contribution is -0.122. The van der Waals surface area contributed by atoms with Crippen LogP contribution in [0.15, 0.2) is 76.3 Å². The van der Waals surface area contributed by atoms with Gasteiger partial charge in [-0.2, -0.15) is 5.10 Å². The Bertz CT molecular complexity index is 1190. The Hall–Kier alpha value is -2.92. The summed E-state index contributed by atoms with van der Waals surface area (Å²) in [6, 6.07) is 19.7. The van der Waals surface area contributed by atoms with E-state index < -0.39 is 11.9 Å². The van der Waals surface area contributed by atoms with Crippen molar-refractivity contribution in [3.05, 3.63) is 91.5 Å². The highest BCUT2D eigenvalue weighted by Crippen LogP contribution is 2.34. The van der Waals surface area contributed by atoms with Gasteiger partial charge in [0.1, 0.15) is 12.6 Å². The van der Waals surface area contributed by atoms with Crippen molar-refractivity contribution >= 4 is 56.5 Å². The van der Waals surface area contributed by atoms with Crippen LogP contribution in [-0.2, 0) is 11.4 Å². The van der Waals surface area contributed by atoms with Gasteiger partial charge in [0.2, 0.25) is 0 Å². The van der Waals surface area contributed by atoms with E-state index >= 15 is 0 Å². The Morgan fingerprint density at radius 3 is 2.53 bits per heavy atom. The summed E-state index contributed by atoms with van der Waals surface area (Å²) in [5.74, 6) is 0.395. The number of methoxy groups -OCH3 is 1. The van der Waals surface area contributed by atoms with Crippen molar-refractivity contribution in [1.82, 2.24) is 10.7 Å². The highest BCUT2D eigenvalue weighted by molar-refractivity contribution is 14.1. The van der Waals surface area contributed by atoms with Crippen LogP contribution in [0.1, 0.15) is 28.4 Å². The second kappa shape index (κ2) is 12.5. The lowest BCUT2D eigenvalue weighted by Gasteiger charge is -2.14. The van der Waals surface area contributed by atoms with E-state index in [1.807, 2.05) is 42.5 Å². The fourth-order valence-electron chi connectivity index (χ4n) is 2.94. The molecule has 0 aliphatic carbocycles. The van der Waals surface area contributed by atoms with Crippen molar-refractivity contribution in [3.8, 4) is 11.5 Å². The molecule has 0 aliphatic rings. The molecule has 0 saturated heterocycles. The fourth-order valence-corrected chi connectivity index (χ4v) is 4.18. The molecular formula is C25H23BrIN3O4. The van der Waals surface area contributed by atoms with Crippen molar-refractivity contribution in [2.45, 2.75) is 19.6 Å². The van der Waals surface area contributed by atoms with E-state index in [0.29, 0.717) is 28.1 Å². The Balaban J connectivity index is 1.60. The van der Waals surface area contributed by atoms with Crippen LogP contribution in [0.25, 0.3) is 0 Å². The number of rotatable bonds is 9. The number of amides is 2. The van der Waals surface area contributed by atoms with Gasteiger partial charge in [-0.15, -0.1) is 0 Å². The monoisotopic (exact) mass is 635 g/mol. The molecule has 0 spiro atoms. The standard InChI is InChI=1S/C25H23BrIN3O4/c1-16(29-25(32)19-10-6-7-11-20(19)26)24(31)30-28-14-18-12-21(27)23(22(13-18)33-2)34-15-17-8-4-3-5-9-17/h3-14,16H,15H2,1-2H3,(H,29,32)(H,30,31). The molecule has 2 amide bonds. The Morgan fingerprint density at radius 1 is 1.12 bits per heavy atom. The van der Waals surface area contributed by atoms with Gasteiger partial charge in [0.25, 0.3) is 11.8 Å². The van der Waals surface area contributed by atoms with Gasteiger partial charge in [-0.25, -0.2) is 5.43 Å². The quantitative estimate of drug-likeness (QED) is 0.199. The molecule has 7 nitrogen and oxygen atoms in total. The molecule has 34 heavy (non-hydrogen) atoms. The first kappa shape index (κ1) is 25.7. The normalized spacial score (nSPS) is 11.6. The average molecular weight is 636 g/mol. The molecule has 0 aliphatic heterocycles. The number of nitrogens with one attached hydrogen (secondary N) is 2. The zero-order valence-corrected chi connectivity index (χ0v) is 22.3. The molecular weight excluding hydrogens is 613 g/mol. The van der Waals surface area contributed by atoms with Crippen LogP contribution in [0.4, 0.5) is 0 Å². The number of carbonyl (C=O) groups is 2. The zero-order valence-electron chi connectivity index (χ0n) is 18.5. The lowest BCUT2D eigenvalue weighted by atomic mass is 10.2. The zero-order chi connectivity index (χ0) is 24.5. The Kier molecular flexibility index (Phi) is 9.46. The minimum atomic E-state index is -0.778. The van der Waals surface area contributed by atoms with Gasteiger partial charge in [0.05, 0.1) is 22.5 Å². The van der Waals surface area contributed by atoms with Crippen molar-refractivity contribution in [2.75, 3.05) is 7.11 Å². The average Bonchev–Trinajstić information content (AvgIpc) is 2.83. The van der Waals surface area contributed by atoms with E-state index in [1.54, 1.807) is 38.3 Å². The summed E-state index contributed by atoms with van der Waals surface area (Å²) in [7, 11) is 1.57. The van der Waals surface area contributed by atoms with E-state index in [9.17, 15) is 9.59 Å². The molecule has 0 aromatic heterocycles. The molecule has 176 valence electrons. The molecule has 3 aromatic rings.